The first-order valence-corrected chi connectivity index (χ1v) is 8.27. The van der Waals surface area contributed by atoms with Crippen LogP contribution in [0.5, 0.6) is 0 Å². The van der Waals surface area contributed by atoms with Gasteiger partial charge in [0.25, 0.3) is 0 Å². The Hall–Kier alpha value is -1.86. The zero-order valence-electron chi connectivity index (χ0n) is 12.2. The fraction of sp³-hybridized carbons (Fsp3) is 0.267. The predicted octanol–water partition coefficient (Wildman–Crippen LogP) is 3.73. The van der Waals surface area contributed by atoms with Gasteiger partial charge in [-0.25, -0.2) is 4.98 Å². The number of halogens is 2. The van der Waals surface area contributed by atoms with E-state index in [0.717, 1.165) is 18.8 Å². The van der Waals surface area contributed by atoms with Gasteiger partial charge in [-0.3, -0.25) is 10.1 Å². The molecule has 1 aliphatic heterocycles. The van der Waals surface area contributed by atoms with Crippen molar-refractivity contribution < 1.29 is 4.92 Å². The molecule has 0 bridgehead atoms. The number of piperazine rings is 1. The molecule has 23 heavy (non-hydrogen) atoms. The molecule has 1 fully saturated rings. The molecule has 0 atom stereocenters. The molecule has 2 aromatic rings. The molecule has 1 aromatic heterocycles. The maximum Gasteiger partial charge on any atom is 0.312 e. The van der Waals surface area contributed by atoms with Crippen LogP contribution in [0, 0.1) is 10.1 Å². The third kappa shape index (κ3) is 3.56. The largest absolute Gasteiger partial charge is 0.368 e. The third-order valence-electron chi connectivity index (χ3n) is 3.76. The predicted molar refractivity (Wildman–Crippen MR) is 94.5 cm³/mol. The number of nitrogens with zero attached hydrogens (tertiary/aromatic N) is 4. The van der Waals surface area contributed by atoms with E-state index in [4.69, 9.17) is 11.6 Å². The molecule has 1 saturated heterocycles. The van der Waals surface area contributed by atoms with Gasteiger partial charge in [-0.1, -0.05) is 17.7 Å². The van der Waals surface area contributed by atoms with Crippen LogP contribution in [-0.4, -0.2) is 36.1 Å². The van der Waals surface area contributed by atoms with E-state index >= 15 is 0 Å². The molecular weight excluding hydrogens is 384 g/mol. The van der Waals surface area contributed by atoms with Gasteiger partial charge in [0.05, 0.1) is 4.92 Å². The standard InChI is InChI=1S/C15H14BrClN4O2/c16-11-8-14(21(22)23)15(18-10-11)20-6-4-19(5-7-20)13-3-1-2-12(17)9-13/h1-3,8-10H,4-7H2. The van der Waals surface area contributed by atoms with E-state index in [-0.39, 0.29) is 5.69 Å². The Morgan fingerprint density at radius 3 is 2.52 bits per heavy atom. The van der Waals surface area contributed by atoms with Crippen LogP contribution >= 0.6 is 27.5 Å². The van der Waals surface area contributed by atoms with Gasteiger partial charge in [-0.05, 0) is 34.1 Å². The highest BCUT2D eigenvalue weighted by atomic mass is 79.9. The summed E-state index contributed by atoms with van der Waals surface area (Å²) >= 11 is 9.26. The summed E-state index contributed by atoms with van der Waals surface area (Å²) < 4.78 is 0.602. The van der Waals surface area contributed by atoms with Gasteiger partial charge in [-0.15, -0.1) is 0 Å². The number of anilines is 2. The lowest BCUT2D eigenvalue weighted by Gasteiger charge is -2.36. The minimum atomic E-state index is -0.392. The normalized spacial score (nSPS) is 14.9. The highest BCUT2D eigenvalue weighted by Gasteiger charge is 2.25. The van der Waals surface area contributed by atoms with Crippen LogP contribution in [0.1, 0.15) is 0 Å². The lowest BCUT2D eigenvalue weighted by molar-refractivity contribution is -0.384. The van der Waals surface area contributed by atoms with Gasteiger partial charge in [0.2, 0.25) is 5.82 Å². The molecular formula is C15H14BrClN4O2. The second kappa shape index (κ2) is 6.72. The van der Waals surface area contributed by atoms with Crippen LogP contribution in [0.25, 0.3) is 0 Å². The molecule has 0 aliphatic carbocycles. The minimum absolute atomic E-state index is 0.0237. The van der Waals surface area contributed by atoms with Crippen LogP contribution in [-0.2, 0) is 0 Å². The molecule has 0 amide bonds. The van der Waals surface area contributed by atoms with Crippen molar-refractivity contribution in [2.45, 2.75) is 0 Å². The Bertz CT molecular complexity index is 735. The molecule has 0 unspecified atom stereocenters. The smallest absolute Gasteiger partial charge is 0.312 e. The Morgan fingerprint density at radius 2 is 1.87 bits per heavy atom. The molecule has 0 radical (unpaired) electrons. The van der Waals surface area contributed by atoms with Gasteiger partial charge in [-0.2, -0.15) is 0 Å². The van der Waals surface area contributed by atoms with Crippen molar-refractivity contribution in [2.75, 3.05) is 36.0 Å². The van der Waals surface area contributed by atoms with Gasteiger partial charge in [0.15, 0.2) is 0 Å². The zero-order chi connectivity index (χ0) is 16.4. The van der Waals surface area contributed by atoms with Gasteiger partial charge in [0.1, 0.15) is 0 Å². The Morgan fingerprint density at radius 1 is 1.17 bits per heavy atom. The number of hydrogen-bond donors (Lipinski definition) is 0. The van der Waals surface area contributed by atoms with Crippen molar-refractivity contribution in [1.82, 2.24) is 4.98 Å². The fourth-order valence-electron chi connectivity index (χ4n) is 2.65. The lowest BCUT2D eigenvalue weighted by atomic mass is 10.2. The summed E-state index contributed by atoms with van der Waals surface area (Å²) in [4.78, 5) is 19.2. The van der Waals surface area contributed by atoms with Gasteiger partial charge in [0, 0.05) is 53.6 Å². The lowest BCUT2D eigenvalue weighted by Crippen LogP contribution is -2.47. The average molecular weight is 398 g/mol. The van der Waals surface area contributed by atoms with Crippen molar-refractivity contribution in [3.8, 4) is 0 Å². The summed E-state index contributed by atoms with van der Waals surface area (Å²) in [6.45, 7) is 2.86. The molecule has 1 aromatic carbocycles. The Balaban J connectivity index is 1.76. The topological polar surface area (TPSA) is 62.5 Å². The maximum atomic E-state index is 11.2. The van der Waals surface area contributed by atoms with E-state index in [2.05, 4.69) is 25.8 Å². The van der Waals surface area contributed by atoms with Crippen molar-refractivity contribution in [2.24, 2.45) is 0 Å². The molecule has 0 N–H and O–H groups in total. The SMILES string of the molecule is O=[N+]([O-])c1cc(Br)cnc1N1CCN(c2cccc(Cl)c2)CC1. The quantitative estimate of drug-likeness (QED) is 0.583. The summed E-state index contributed by atoms with van der Waals surface area (Å²) in [6, 6.07) is 9.20. The summed E-state index contributed by atoms with van der Waals surface area (Å²) in [7, 11) is 0. The number of pyridine rings is 1. The minimum Gasteiger partial charge on any atom is -0.368 e. The van der Waals surface area contributed by atoms with Gasteiger partial charge >= 0.3 is 5.69 Å². The van der Waals surface area contributed by atoms with E-state index in [1.165, 1.54) is 6.07 Å². The van der Waals surface area contributed by atoms with Crippen LogP contribution in [0.15, 0.2) is 41.0 Å². The molecule has 0 spiro atoms. The maximum absolute atomic E-state index is 11.2. The first-order chi connectivity index (χ1) is 11.0. The van der Waals surface area contributed by atoms with E-state index in [0.29, 0.717) is 28.4 Å². The van der Waals surface area contributed by atoms with Crippen molar-refractivity contribution >= 4 is 44.7 Å². The average Bonchev–Trinajstić information content (AvgIpc) is 2.55. The second-order valence-corrected chi connectivity index (χ2v) is 6.56. The zero-order valence-corrected chi connectivity index (χ0v) is 14.5. The molecule has 6 nitrogen and oxygen atoms in total. The van der Waals surface area contributed by atoms with Crippen molar-refractivity contribution in [3.05, 3.63) is 56.1 Å². The third-order valence-corrected chi connectivity index (χ3v) is 4.43. The Labute approximate surface area is 147 Å². The Kier molecular flexibility index (Phi) is 4.68. The van der Waals surface area contributed by atoms with Crippen LogP contribution in [0.4, 0.5) is 17.2 Å². The summed E-state index contributed by atoms with van der Waals surface area (Å²) in [5, 5.41) is 11.9. The van der Waals surface area contributed by atoms with Crippen molar-refractivity contribution in [3.63, 3.8) is 0 Å². The highest BCUT2D eigenvalue weighted by molar-refractivity contribution is 9.10. The second-order valence-electron chi connectivity index (χ2n) is 5.21. The number of aromatic nitrogens is 1. The molecule has 3 rings (SSSR count). The molecule has 1 aliphatic rings. The molecule has 8 heteroatoms. The van der Waals surface area contributed by atoms with E-state index in [1.807, 2.05) is 29.2 Å². The molecule has 2 heterocycles. The highest BCUT2D eigenvalue weighted by Crippen LogP contribution is 2.30. The number of rotatable bonds is 3. The van der Waals surface area contributed by atoms with Crippen LogP contribution < -0.4 is 9.80 Å². The summed E-state index contributed by atoms with van der Waals surface area (Å²) in [5.41, 5.74) is 1.09. The number of benzene rings is 1. The van der Waals surface area contributed by atoms with E-state index < -0.39 is 4.92 Å². The van der Waals surface area contributed by atoms with Crippen LogP contribution in [0.2, 0.25) is 5.02 Å². The number of nitro groups is 1. The fourth-order valence-corrected chi connectivity index (χ4v) is 3.15. The van der Waals surface area contributed by atoms with E-state index in [9.17, 15) is 10.1 Å². The first kappa shape index (κ1) is 16.0. The van der Waals surface area contributed by atoms with Crippen LogP contribution in [0.3, 0.4) is 0 Å². The monoisotopic (exact) mass is 396 g/mol. The molecule has 120 valence electrons. The summed E-state index contributed by atoms with van der Waals surface area (Å²) in [6.07, 6.45) is 1.59. The first-order valence-electron chi connectivity index (χ1n) is 7.10. The summed E-state index contributed by atoms with van der Waals surface area (Å²) in [5.74, 6) is 0.420. The van der Waals surface area contributed by atoms with E-state index in [1.54, 1.807) is 6.20 Å². The molecule has 0 saturated carbocycles. The van der Waals surface area contributed by atoms with Crippen molar-refractivity contribution in [1.29, 1.82) is 0 Å². The van der Waals surface area contributed by atoms with Gasteiger partial charge < -0.3 is 9.80 Å². The number of hydrogen-bond acceptors (Lipinski definition) is 5.